The summed E-state index contributed by atoms with van der Waals surface area (Å²) >= 11 is 0. The number of hydrogen-bond donors (Lipinski definition) is 2. The molecule has 8 nitrogen and oxygen atoms in total. The van der Waals surface area contributed by atoms with Gasteiger partial charge in [-0.2, -0.15) is 4.98 Å². The first-order chi connectivity index (χ1) is 10.1. The molecular formula is C13H13N3O5. The number of rotatable bonds is 6. The quantitative estimate of drug-likeness (QED) is 0.770. The molecule has 0 saturated carbocycles. The Balaban J connectivity index is 1.98. The molecule has 0 atom stereocenters. The van der Waals surface area contributed by atoms with Crippen molar-refractivity contribution in [3.05, 3.63) is 41.5 Å². The fourth-order valence-corrected chi connectivity index (χ4v) is 1.53. The minimum Gasteiger partial charge on any atom is -0.478 e. The molecule has 0 spiro atoms. The number of oxazole rings is 1. The third kappa shape index (κ3) is 3.78. The average molecular weight is 291 g/mol. The summed E-state index contributed by atoms with van der Waals surface area (Å²) in [6.45, 7) is 2.16. The number of esters is 1. The molecule has 0 bridgehead atoms. The summed E-state index contributed by atoms with van der Waals surface area (Å²) in [5.41, 5.74) is 0.707. The van der Waals surface area contributed by atoms with E-state index < -0.39 is 11.9 Å². The van der Waals surface area contributed by atoms with Gasteiger partial charge in [0.1, 0.15) is 6.26 Å². The van der Waals surface area contributed by atoms with Crippen LogP contribution in [0.15, 0.2) is 29.0 Å². The van der Waals surface area contributed by atoms with E-state index in [0.717, 1.165) is 0 Å². The molecule has 8 heteroatoms. The molecule has 2 rings (SSSR count). The molecule has 2 heterocycles. The van der Waals surface area contributed by atoms with Crippen LogP contribution in [-0.4, -0.2) is 33.6 Å². The standard InChI is InChI=1S/C13H13N3O5/c1-2-20-12(19)10-7-21-13(16-10)15-6-9-5-8(11(17)18)3-4-14-9/h3-5,7H,2,6H2,1H3,(H,15,16)(H,17,18). The van der Waals surface area contributed by atoms with Crippen molar-refractivity contribution in [3.8, 4) is 0 Å². The van der Waals surface area contributed by atoms with Crippen molar-refractivity contribution < 1.29 is 23.8 Å². The Morgan fingerprint density at radius 3 is 3.00 bits per heavy atom. The van der Waals surface area contributed by atoms with Crippen molar-refractivity contribution in [1.82, 2.24) is 9.97 Å². The smallest absolute Gasteiger partial charge is 0.360 e. The summed E-state index contributed by atoms with van der Waals surface area (Å²) < 4.78 is 9.84. The third-order valence-corrected chi connectivity index (χ3v) is 2.47. The van der Waals surface area contributed by atoms with E-state index in [2.05, 4.69) is 15.3 Å². The maximum absolute atomic E-state index is 11.4. The first-order valence-corrected chi connectivity index (χ1v) is 6.15. The van der Waals surface area contributed by atoms with E-state index >= 15 is 0 Å². The van der Waals surface area contributed by atoms with Gasteiger partial charge in [0.25, 0.3) is 6.01 Å². The van der Waals surface area contributed by atoms with Crippen molar-refractivity contribution in [2.24, 2.45) is 0 Å². The summed E-state index contributed by atoms with van der Waals surface area (Å²) in [5.74, 6) is -1.60. The highest BCUT2D eigenvalue weighted by molar-refractivity contribution is 5.87. The number of carboxylic acid groups (broad SMARTS) is 1. The number of pyridine rings is 1. The average Bonchev–Trinajstić information content (AvgIpc) is 2.95. The molecular weight excluding hydrogens is 278 g/mol. The van der Waals surface area contributed by atoms with Crippen molar-refractivity contribution in [3.63, 3.8) is 0 Å². The second-order valence-electron chi connectivity index (χ2n) is 3.95. The van der Waals surface area contributed by atoms with E-state index in [4.69, 9.17) is 14.3 Å². The largest absolute Gasteiger partial charge is 0.478 e. The Morgan fingerprint density at radius 1 is 1.48 bits per heavy atom. The molecule has 0 aliphatic rings. The Labute approximate surface area is 119 Å². The van der Waals surface area contributed by atoms with Gasteiger partial charge in [-0.3, -0.25) is 4.98 Å². The summed E-state index contributed by atoms with van der Waals surface area (Å²) in [6, 6.07) is 2.96. The number of nitrogens with zero attached hydrogens (tertiary/aromatic N) is 2. The minimum absolute atomic E-state index is 0.0617. The van der Waals surface area contributed by atoms with Gasteiger partial charge in [0.15, 0.2) is 5.69 Å². The summed E-state index contributed by atoms with van der Waals surface area (Å²) in [4.78, 5) is 30.2. The molecule has 0 fully saturated rings. The van der Waals surface area contributed by atoms with Gasteiger partial charge in [0.05, 0.1) is 24.4 Å². The first kappa shape index (κ1) is 14.5. The number of hydrogen-bond acceptors (Lipinski definition) is 7. The van der Waals surface area contributed by atoms with E-state index in [1.54, 1.807) is 6.92 Å². The summed E-state index contributed by atoms with van der Waals surface area (Å²) in [6.07, 6.45) is 2.58. The lowest BCUT2D eigenvalue weighted by atomic mass is 10.2. The van der Waals surface area contributed by atoms with E-state index in [9.17, 15) is 9.59 Å². The van der Waals surface area contributed by atoms with Gasteiger partial charge in [0.2, 0.25) is 0 Å². The van der Waals surface area contributed by atoms with E-state index in [1.807, 2.05) is 0 Å². The predicted molar refractivity (Wildman–Crippen MR) is 71.0 cm³/mol. The zero-order valence-electron chi connectivity index (χ0n) is 11.2. The molecule has 0 aliphatic heterocycles. The summed E-state index contributed by atoms with van der Waals surface area (Å²) in [7, 11) is 0. The molecule has 2 N–H and O–H groups in total. The van der Waals surface area contributed by atoms with E-state index in [0.29, 0.717) is 5.69 Å². The fourth-order valence-electron chi connectivity index (χ4n) is 1.53. The molecule has 0 radical (unpaired) electrons. The van der Waals surface area contributed by atoms with Crippen molar-refractivity contribution in [1.29, 1.82) is 0 Å². The number of anilines is 1. The number of ether oxygens (including phenoxy) is 1. The van der Waals surface area contributed by atoms with Crippen LogP contribution >= 0.6 is 0 Å². The fraction of sp³-hybridized carbons (Fsp3) is 0.231. The number of nitrogens with one attached hydrogen (secondary N) is 1. The number of aromatic carboxylic acids is 1. The second kappa shape index (κ2) is 6.51. The highest BCUT2D eigenvalue weighted by atomic mass is 16.5. The normalized spacial score (nSPS) is 10.1. The lowest BCUT2D eigenvalue weighted by Gasteiger charge is -2.02. The highest BCUT2D eigenvalue weighted by Crippen LogP contribution is 2.10. The van der Waals surface area contributed by atoms with Gasteiger partial charge in [0, 0.05) is 6.20 Å². The Morgan fingerprint density at radius 2 is 2.29 bits per heavy atom. The lowest BCUT2D eigenvalue weighted by Crippen LogP contribution is -2.07. The number of aromatic nitrogens is 2. The lowest BCUT2D eigenvalue weighted by molar-refractivity contribution is 0.0519. The SMILES string of the molecule is CCOC(=O)c1coc(NCc2cc(C(=O)O)ccn2)n1. The van der Waals surface area contributed by atoms with Gasteiger partial charge in [-0.25, -0.2) is 9.59 Å². The zero-order chi connectivity index (χ0) is 15.2. The molecule has 0 amide bonds. The predicted octanol–water partition coefficient (Wildman–Crippen LogP) is 1.56. The van der Waals surface area contributed by atoms with Crippen LogP contribution < -0.4 is 5.32 Å². The van der Waals surface area contributed by atoms with E-state index in [1.165, 1.54) is 24.6 Å². The van der Waals surface area contributed by atoms with Crippen molar-refractivity contribution in [2.45, 2.75) is 13.5 Å². The number of carboxylic acids is 1. The van der Waals surface area contributed by atoms with Gasteiger partial charge in [-0.15, -0.1) is 0 Å². The first-order valence-electron chi connectivity index (χ1n) is 6.15. The molecule has 2 aromatic heterocycles. The Bertz CT molecular complexity index is 653. The second-order valence-corrected chi connectivity index (χ2v) is 3.95. The Hall–Kier alpha value is -2.90. The number of carbonyl (C=O) groups excluding carboxylic acids is 1. The molecule has 0 aliphatic carbocycles. The van der Waals surface area contributed by atoms with Gasteiger partial charge in [-0.1, -0.05) is 0 Å². The van der Waals surface area contributed by atoms with Crippen LogP contribution in [0.1, 0.15) is 33.5 Å². The maximum Gasteiger partial charge on any atom is 0.360 e. The molecule has 0 aromatic carbocycles. The van der Waals surface area contributed by atoms with Crippen LogP contribution in [-0.2, 0) is 11.3 Å². The molecule has 2 aromatic rings. The van der Waals surface area contributed by atoms with Crippen molar-refractivity contribution >= 4 is 18.0 Å². The van der Waals surface area contributed by atoms with Gasteiger partial charge < -0.3 is 19.6 Å². The zero-order valence-corrected chi connectivity index (χ0v) is 11.2. The van der Waals surface area contributed by atoms with Crippen LogP contribution in [0.2, 0.25) is 0 Å². The van der Waals surface area contributed by atoms with E-state index in [-0.39, 0.29) is 30.4 Å². The van der Waals surface area contributed by atoms with Gasteiger partial charge >= 0.3 is 11.9 Å². The molecule has 110 valence electrons. The van der Waals surface area contributed by atoms with Gasteiger partial charge in [-0.05, 0) is 19.1 Å². The molecule has 0 unspecified atom stereocenters. The number of carbonyl (C=O) groups is 2. The highest BCUT2D eigenvalue weighted by Gasteiger charge is 2.13. The monoisotopic (exact) mass is 291 g/mol. The minimum atomic E-state index is -1.03. The van der Waals surface area contributed by atoms with Crippen LogP contribution in [0.3, 0.4) is 0 Å². The molecule has 21 heavy (non-hydrogen) atoms. The Kier molecular flexibility index (Phi) is 4.50. The third-order valence-electron chi connectivity index (χ3n) is 2.47. The van der Waals surface area contributed by atoms with Crippen LogP contribution in [0, 0.1) is 0 Å². The van der Waals surface area contributed by atoms with Crippen LogP contribution in [0.25, 0.3) is 0 Å². The molecule has 0 saturated heterocycles. The topological polar surface area (TPSA) is 115 Å². The summed E-state index contributed by atoms with van der Waals surface area (Å²) in [5, 5.41) is 11.7. The maximum atomic E-state index is 11.4. The van der Waals surface area contributed by atoms with Crippen molar-refractivity contribution in [2.75, 3.05) is 11.9 Å². The van der Waals surface area contributed by atoms with Crippen LogP contribution in [0.5, 0.6) is 0 Å². The van der Waals surface area contributed by atoms with Crippen LogP contribution in [0.4, 0.5) is 6.01 Å².